The Balaban J connectivity index is 2.23. The predicted molar refractivity (Wildman–Crippen MR) is 80.8 cm³/mol. The van der Waals surface area contributed by atoms with Crippen LogP contribution in [0.25, 0.3) is 0 Å². The minimum Gasteiger partial charge on any atom is -0.478 e. The Morgan fingerprint density at radius 3 is 2.55 bits per heavy atom. The van der Waals surface area contributed by atoms with E-state index in [1.54, 1.807) is 24.3 Å². The van der Waals surface area contributed by atoms with Gasteiger partial charge in [-0.05, 0) is 6.92 Å². The standard InChI is InChI=1S/C16H14N2O4/c1-9-2-4-10(5-3-9)14(20)13-11(16(21)22)8-12(19)18-7-6-17-15(13)18/h2-5,8,17H,6-7H2,1H3,(H,21,22). The van der Waals surface area contributed by atoms with Gasteiger partial charge in [0.2, 0.25) is 0 Å². The van der Waals surface area contributed by atoms with Crippen molar-refractivity contribution in [3.8, 4) is 0 Å². The van der Waals surface area contributed by atoms with E-state index in [1.165, 1.54) is 4.57 Å². The number of hydrogen-bond acceptors (Lipinski definition) is 4. The summed E-state index contributed by atoms with van der Waals surface area (Å²) in [4.78, 5) is 36.1. The van der Waals surface area contributed by atoms with Crippen molar-refractivity contribution >= 4 is 17.6 Å². The quantitative estimate of drug-likeness (QED) is 0.839. The van der Waals surface area contributed by atoms with Crippen LogP contribution in [0.4, 0.5) is 5.82 Å². The van der Waals surface area contributed by atoms with Gasteiger partial charge >= 0.3 is 5.97 Å². The molecular weight excluding hydrogens is 284 g/mol. The molecule has 6 heteroatoms. The van der Waals surface area contributed by atoms with Gasteiger partial charge in [0.15, 0.2) is 5.78 Å². The van der Waals surface area contributed by atoms with E-state index in [2.05, 4.69) is 5.32 Å². The number of aromatic nitrogens is 1. The van der Waals surface area contributed by atoms with Crippen molar-refractivity contribution in [3.63, 3.8) is 0 Å². The van der Waals surface area contributed by atoms with E-state index in [9.17, 15) is 19.5 Å². The van der Waals surface area contributed by atoms with Crippen LogP contribution in [0.15, 0.2) is 35.1 Å². The van der Waals surface area contributed by atoms with Gasteiger partial charge in [0, 0.05) is 24.7 Å². The van der Waals surface area contributed by atoms with Gasteiger partial charge in [-0.25, -0.2) is 4.79 Å². The Hall–Kier alpha value is -2.89. The maximum atomic E-state index is 12.7. The summed E-state index contributed by atoms with van der Waals surface area (Å²) in [6, 6.07) is 7.90. The molecule has 0 amide bonds. The molecule has 3 rings (SSSR count). The number of carbonyl (C=O) groups excluding carboxylic acids is 1. The van der Waals surface area contributed by atoms with E-state index in [1.807, 2.05) is 6.92 Å². The number of aryl methyl sites for hydroxylation is 1. The van der Waals surface area contributed by atoms with E-state index in [-0.39, 0.29) is 16.9 Å². The van der Waals surface area contributed by atoms with Crippen molar-refractivity contribution in [3.05, 3.63) is 62.9 Å². The number of pyridine rings is 1. The molecule has 0 fully saturated rings. The Bertz CT molecular complexity index is 834. The summed E-state index contributed by atoms with van der Waals surface area (Å²) < 4.78 is 1.40. The molecule has 2 aromatic rings. The lowest BCUT2D eigenvalue weighted by Crippen LogP contribution is -2.23. The number of anilines is 1. The van der Waals surface area contributed by atoms with Crippen LogP contribution < -0.4 is 10.9 Å². The lowest BCUT2D eigenvalue weighted by molar-refractivity contribution is 0.0692. The zero-order chi connectivity index (χ0) is 15.9. The minimum atomic E-state index is -1.29. The largest absolute Gasteiger partial charge is 0.478 e. The maximum absolute atomic E-state index is 12.7. The predicted octanol–water partition coefficient (Wildman–Crippen LogP) is 1.51. The van der Waals surface area contributed by atoms with Gasteiger partial charge in [0.1, 0.15) is 5.82 Å². The van der Waals surface area contributed by atoms with Crippen LogP contribution in [0, 0.1) is 6.92 Å². The van der Waals surface area contributed by atoms with Gasteiger partial charge in [-0.15, -0.1) is 0 Å². The summed E-state index contributed by atoms with van der Waals surface area (Å²) >= 11 is 0. The zero-order valence-electron chi connectivity index (χ0n) is 11.9. The number of fused-ring (bicyclic) bond motifs is 1. The zero-order valence-corrected chi connectivity index (χ0v) is 11.9. The third-order valence-corrected chi connectivity index (χ3v) is 3.71. The second kappa shape index (κ2) is 5.14. The molecule has 1 aliphatic rings. The number of carbonyl (C=O) groups is 2. The Morgan fingerprint density at radius 1 is 1.23 bits per heavy atom. The van der Waals surface area contributed by atoms with Gasteiger partial charge in [0.05, 0.1) is 11.1 Å². The average Bonchev–Trinajstić information content (AvgIpc) is 2.97. The summed E-state index contributed by atoms with van der Waals surface area (Å²) in [7, 11) is 0. The number of carboxylic acid groups (broad SMARTS) is 1. The summed E-state index contributed by atoms with van der Waals surface area (Å²) in [5, 5.41) is 12.3. The molecule has 1 aromatic heterocycles. The van der Waals surface area contributed by atoms with Crippen molar-refractivity contribution in [1.82, 2.24) is 4.57 Å². The molecule has 1 aromatic carbocycles. The van der Waals surface area contributed by atoms with E-state index >= 15 is 0 Å². The van der Waals surface area contributed by atoms with Gasteiger partial charge in [-0.1, -0.05) is 29.8 Å². The van der Waals surface area contributed by atoms with Gasteiger partial charge in [0.25, 0.3) is 5.56 Å². The first kappa shape index (κ1) is 14.1. The van der Waals surface area contributed by atoms with Crippen LogP contribution >= 0.6 is 0 Å². The number of aromatic carboxylic acids is 1. The van der Waals surface area contributed by atoms with Crippen molar-refractivity contribution in [2.75, 3.05) is 11.9 Å². The van der Waals surface area contributed by atoms with Crippen LogP contribution in [0.2, 0.25) is 0 Å². The number of carboxylic acids is 1. The summed E-state index contributed by atoms with van der Waals surface area (Å²) in [5.74, 6) is -1.41. The lowest BCUT2D eigenvalue weighted by atomic mass is 9.98. The molecule has 6 nitrogen and oxygen atoms in total. The molecule has 2 N–H and O–H groups in total. The molecular formula is C16H14N2O4. The van der Waals surface area contributed by atoms with Crippen molar-refractivity contribution in [2.45, 2.75) is 13.5 Å². The topological polar surface area (TPSA) is 88.4 Å². The Kier molecular flexibility index (Phi) is 3.29. The normalized spacial score (nSPS) is 12.6. The van der Waals surface area contributed by atoms with E-state index < -0.39 is 17.3 Å². The highest BCUT2D eigenvalue weighted by Gasteiger charge is 2.27. The molecule has 0 spiro atoms. The summed E-state index contributed by atoms with van der Waals surface area (Å²) in [5.41, 5.74) is 0.744. The highest BCUT2D eigenvalue weighted by atomic mass is 16.4. The fraction of sp³-hybridized carbons (Fsp3) is 0.188. The first-order valence-electron chi connectivity index (χ1n) is 6.85. The summed E-state index contributed by atoms with van der Waals surface area (Å²) in [6.45, 7) is 2.81. The van der Waals surface area contributed by atoms with Crippen LogP contribution in [0.3, 0.4) is 0 Å². The van der Waals surface area contributed by atoms with Crippen molar-refractivity contribution in [1.29, 1.82) is 0 Å². The molecule has 0 atom stereocenters. The number of hydrogen-bond donors (Lipinski definition) is 2. The van der Waals surface area contributed by atoms with Crippen molar-refractivity contribution in [2.24, 2.45) is 0 Å². The van der Waals surface area contributed by atoms with E-state index in [0.717, 1.165) is 11.6 Å². The number of ketones is 1. The highest BCUT2D eigenvalue weighted by Crippen LogP contribution is 2.25. The molecule has 22 heavy (non-hydrogen) atoms. The lowest BCUT2D eigenvalue weighted by Gasteiger charge is -2.12. The molecule has 0 aliphatic carbocycles. The molecule has 0 saturated carbocycles. The fourth-order valence-electron chi connectivity index (χ4n) is 2.59. The fourth-order valence-corrected chi connectivity index (χ4v) is 2.59. The molecule has 112 valence electrons. The monoisotopic (exact) mass is 298 g/mol. The van der Waals surface area contributed by atoms with Gasteiger partial charge in [-0.3, -0.25) is 14.2 Å². The highest BCUT2D eigenvalue weighted by molar-refractivity contribution is 6.17. The van der Waals surface area contributed by atoms with Crippen LogP contribution in [0.1, 0.15) is 31.8 Å². The first-order chi connectivity index (χ1) is 10.5. The molecule has 0 saturated heterocycles. The number of rotatable bonds is 3. The minimum absolute atomic E-state index is 0.0356. The number of benzene rings is 1. The number of nitrogens with one attached hydrogen (secondary N) is 1. The summed E-state index contributed by atoms with van der Waals surface area (Å²) in [6.07, 6.45) is 0. The van der Waals surface area contributed by atoms with Gasteiger partial charge < -0.3 is 10.4 Å². The van der Waals surface area contributed by atoms with E-state index in [0.29, 0.717) is 18.7 Å². The molecule has 0 radical (unpaired) electrons. The van der Waals surface area contributed by atoms with Crippen LogP contribution in [-0.4, -0.2) is 28.0 Å². The smallest absolute Gasteiger partial charge is 0.336 e. The second-order valence-electron chi connectivity index (χ2n) is 5.20. The maximum Gasteiger partial charge on any atom is 0.336 e. The molecule has 1 aliphatic heterocycles. The average molecular weight is 298 g/mol. The second-order valence-corrected chi connectivity index (χ2v) is 5.20. The molecule has 0 unspecified atom stereocenters. The Labute approximate surface area is 126 Å². The molecule has 2 heterocycles. The number of nitrogens with zero attached hydrogens (tertiary/aromatic N) is 1. The SMILES string of the molecule is Cc1ccc(C(=O)c2c(C(=O)O)cc(=O)n3c2NCC3)cc1. The third kappa shape index (κ3) is 2.18. The Morgan fingerprint density at radius 2 is 1.91 bits per heavy atom. The first-order valence-corrected chi connectivity index (χ1v) is 6.85. The molecule has 0 bridgehead atoms. The van der Waals surface area contributed by atoms with E-state index in [4.69, 9.17) is 0 Å². The van der Waals surface area contributed by atoms with Gasteiger partial charge in [-0.2, -0.15) is 0 Å². The van der Waals surface area contributed by atoms with Crippen LogP contribution in [-0.2, 0) is 6.54 Å². The van der Waals surface area contributed by atoms with Crippen molar-refractivity contribution < 1.29 is 14.7 Å². The van der Waals surface area contributed by atoms with Crippen LogP contribution in [0.5, 0.6) is 0 Å². The third-order valence-electron chi connectivity index (χ3n) is 3.71.